The highest BCUT2D eigenvalue weighted by Crippen LogP contribution is 2.26. The molecule has 0 spiro atoms. The van der Waals surface area contributed by atoms with Crippen LogP contribution in [0.1, 0.15) is 18.1 Å². The first kappa shape index (κ1) is 19.1. The van der Waals surface area contributed by atoms with E-state index in [4.69, 9.17) is 4.74 Å². The maximum atomic E-state index is 12.0. The van der Waals surface area contributed by atoms with Crippen LogP contribution in [0.25, 0.3) is 10.8 Å². The van der Waals surface area contributed by atoms with Gasteiger partial charge in [-0.05, 0) is 42.8 Å². The smallest absolute Gasteiger partial charge is 0.329 e. The van der Waals surface area contributed by atoms with E-state index in [9.17, 15) is 9.59 Å². The molecule has 6 heteroatoms. The molecule has 0 heterocycles. The fourth-order valence-electron chi connectivity index (χ4n) is 2.72. The number of fused-ring (bicyclic) bond motifs is 1. The van der Waals surface area contributed by atoms with Crippen molar-refractivity contribution in [3.63, 3.8) is 0 Å². The number of nitrogens with one attached hydrogen (secondary N) is 2. The fraction of sp³-hybridized carbons (Fsp3) is 0.136. The quantitative estimate of drug-likeness (QED) is 0.406. The van der Waals surface area contributed by atoms with E-state index in [1.807, 2.05) is 62.4 Å². The van der Waals surface area contributed by atoms with E-state index in [1.165, 1.54) is 6.21 Å². The Kier molecular flexibility index (Phi) is 6.01. The van der Waals surface area contributed by atoms with Gasteiger partial charge in [0.2, 0.25) is 0 Å². The monoisotopic (exact) mass is 375 g/mol. The number of ether oxygens (including phenoxy) is 1. The largest absolute Gasteiger partial charge is 0.493 e. The Morgan fingerprint density at radius 1 is 1.00 bits per heavy atom. The summed E-state index contributed by atoms with van der Waals surface area (Å²) in [7, 11) is 0. The minimum atomic E-state index is -0.852. The van der Waals surface area contributed by atoms with Crippen molar-refractivity contribution < 1.29 is 14.3 Å². The Morgan fingerprint density at radius 2 is 1.75 bits per heavy atom. The van der Waals surface area contributed by atoms with Crippen molar-refractivity contribution in [2.24, 2.45) is 5.10 Å². The molecule has 0 saturated carbocycles. The zero-order chi connectivity index (χ0) is 19.9. The SMILES string of the molecule is CCOc1ccc2ccccc2c1/C=N\NC(=O)C(=O)Nc1ccc(C)cc1. The molecule has 3 aromatic carbocycles. The molecule has 0 atom stereocenters. The normalized spacial score (nSPS) is 10.8. The van der Waals surface area contributed by atoms with Gasteiger partial charge < -0.3 is 10.1 Å². The molecule has 0 radical (unpaired) electrons. The minimum absolute atomic E-state index is 0.504. The zero-order valence-corrected chi connectivity index (χ0v) is 15.7. The Bertz CT molecular complexity index is 1030. The Balaban J connectivity index is 1.73. The summed E-state index contributed by atoms with van der Waals surface area (Å²) >= 11 is 0. The van der Waals surface area contributed by atoms with Crippen LogP contribution in [0, 0.1) is 6.92 Å². The third-order valence-electron chi connectivity index (χ3n) is 4.11. The van der Waals surface area contributed by atoms with Gasteiger partial charge in [0.15, 0.2) is 0 Å². The summed E-state index contributed by atoms with van der Waals surface area (Å²) in [6, 6.07) is 18.8. The Morgan fingerprint density at radius 3 is 2.50 bits per heavy atom. The fourth-order valence-corrected chi connectivity index (χ4v) is 2.72. The molecule has 0 unspecified atom stereocenters. The van der Waals surface area contributed by atoms with Gasteiger partial charge in [0.25, 0.3) is 0 Å². The highest BCUT2D eigenvalue weighted by molar-refractivity contribution is 6.39. The Hall–Kier alpha value is -3.67. The van der Waals surface area contributed by atoms with Crippen LogP contribution in [0.5, 0.6) is 5.75 Å². The molecule has 0 aliphatic rings. The van der Waals surface area contributed by atoms with Crippen LogP contribution >= 0.6 is 0 Å². The summed E-state index contributed by atoms with van der Waals surface area (Å²) in [5.74, 6) is -0.984. The minimum Gasteiger partial charge on any atom is -0.493 e. The first-order valence-corrected chi connectivity index (χ1v) is 8.94. The summed E-state index contributed by atoms with van der Waals surface area (Å²) in [5.41, 5.74) is 4.60. The molecule has 2 N–H and O–H groups in total. The van der Waals surface area contributed by atoms with E-state index < -0.39 is 11.8 Å². The molecule has 0 saturated heterocycles. The van der Waals surface area contributed by atoms with Gasteiger partial charge in [-0.15, -0.1) is 0 Å². The lowest BCUT2D eigenvalue weighted by atomic mass is 10.0. The van der Waals surface area contributed by atoms with Gasteiger partial charge in [0.05, 0.1) is 12.8 Å². The number of benzene rings is 3. The van der Waals surface area contributed by atoms with Gasteiger partial charge in [-0.3, -0.25) is 9.59 Å². The average Bonchev–Trinajstić information content (AvgIpc) is 2.71. The molecular weight excluding hydrogens is 354 g/mol. The van der Waals surface area contributed by atoms with Crippen molar-refractivity contribution in [2.75, 3.05) is 11.9 Å². The van der Waals surface area contributed by atoms with Crippen molar-refractivity contribution in [3.05, 3.63) is 71.8 Å². The molecule has 0 aromatic heterocycles. The van der Waals surface area contributed by atoms with Crippen molar-refractivity contribution in [1.82, 2.24) is 5.43 Å². The molecule has 0 fully saturated rings. The van der Waals surface area contributed by atoms with Gasteiger partial charge in [0, 0.05) is 11.3 Å². The van der Waals surface area contributed by atoms with Crippen LogP contribution < -0.4 is 15.5 Å². The van der Waals surface area contributed by atoms with Crippen LogP contribution in [0.4, 0.5) is 5.69 Å². The second kappa shape index (κ2) is 8.81. The number of nitrogens with zero attached hydrogens (tertiary/aromatic N) is 1. The summed E-state index contributed by atoms with van der Waals surface area (Å²) in [6.45, 7) is 4.34. The van der Waals surface area contributed by atoms with Gasteiger partial charge in [0.1, 0.15) is 5.75 Å². The number of hydrazone groups is 1. The molecular formula is C22H21N3O3. The molecule has 6 nitrogen and oxygen atoms in total. The first-order chi connectivity index (χ1) is 13.6. The van der Waals surface area contributed by atoms with Gasteiger partial charge >= 0.3 is 11.8 Å². The van der Waals surface area contributed by atoms with E-state index in [2.05, 4.69) is 15.8 Å². The highest BCUT2D eigenvalue weighted by atomic mass is 16.5. The first-order valence-electron chi connectivity index (χ1n) is 8.94. The molecule has 0 aliphatic heterocycles. The van der Waals surface area contributed by atoms with E-state index in [1.54, 1.807) is 12.1 Å². The summed E-state index contributed by atoms with van der Waals surface area (Å²) in [6.07, 6.45) is 1.49. The number of aryl methyl sites for hydroxylation is 1. The second-order valence-electron chi connectivity index (χ2n) is 6.15. The van der Waals surface area contributed by atoms with Crippen LogP contribution in [0.2, 0.25) is 0 Å². The van der Waals surface area contributed by atoms with Crippen LogP contribution in [-0.4, -0.2) is 24.6 Å². The van der Waals surface area contributed by atoms with Crippen molar-refractivity contribution in [1.29, 1.82) is 0 Å². The molecule has 2 amide bonds. The molecule has 28 heavy (non-hydrogen) atoms. The number of rotatable bonds is 5. The predicted molar refractivity (Wildman–Crippen MR) is 111 cm³/mol. The number of carbonyl (C=O) groups is 2. The lowest BCUT2D eigenvalue weighted by Gasteiger charge is -2.10. The number of hydrogen-bond donors (Lipinski definition) is 2. The zero-order valence-electron chi connectivity index (χ0n) is 15.7. The summed E-state index contributed by atoms with van der Waals surface area (Å²) in [4.78, 5) is 24.0. The molecule has 0 bridgehead atoms. The topological polar surface area (TPSA) is 79.8 Å². The van der Waals surface area contributed by atoms with E-state index >= 15 is 0 Å². The number of hydrogen-bond acceptors (Lipinski definition) is 4. The van der Waals surface area contributed by atoms with Crippen LogP contribution in [0.3, 0.4) is 0 Å². The lowest BCUT2D eigenvalue weighted by molar-refractivity contribution is -0.136. The standard InChI is InChI=1S/C22H21N3O3/c1-3-28-20-13-10-16-6-4-5-7-18(16)19(20)14-23-25-22(27)21(26)24-17-11-8-15(2)9-12-17/h4-14H,3H2,1-2H3,(H,24,26)(H,25,27)/b23-14-. The van der Waals surface area contributed by atoms with Crippen molar-refractivity contribution in [3.8, 4) is 5.75 Å². The molecule has 3 aromatic rings. The average molecular weight is 375 g/mol. The summed E-state index contributed by atoms with van der Waals surface area (Å²) in [5, 5.41) is 8.44. The third kappa shape index (κ3) is 4.54. The number of anilines is 1. The van der Waals surface area contributed by atoms with Gasteiger partial charge in [-0.2, -0.15) is 5.10 Å². The van der Waals surface area contributed by atoms with Crippen LogP contribution in [-0.2, 0) is 9.59 Å². The maximum absolute atomic E-state index is 12.0. The maximum Gasteiger partial charge on any atom is 0.329 e. The second-order valence-corrected chi connectivity index (χ2v) is 6.15. The third-order valence-corrected chi connectivity index (χ3v) is 4.11. The van der Waals surface area contributed by atoms with E-state index in [0.29, 0.717) is 18.0 Å². The van der Waals surface area contributed by atoms with Crippen molar-refractivity contribution in [2.45, 2.75) is 13.8 Å². The predicted octanol–water partition coefficient (Wildman–Crippen LogP) is 3.64. The number of carbonyl (C=O) groups excluding carboxylic acids is 2. The summed E-state index contributed by atoms with van der Waals surface area (Å²) < 4.78 is 5.66. The molecule has 142 valence electrons. The lowest BCUT2D eigenvalue weighted by Crippen LogP contribution is -2.32. The van der Waals surface area contributed by atoms with Crippen molar-refractivity contribution >= 4 is 34.5 Å². The van der Waals surface area contributed by atoms with E-state index in [0.717, 1.165) is 21.9 Å². The van der Waals surface area contributed by atoms with E-state index in [-0.39, 0.29) is 0 Å². The number of amides is 2. The highest BCUT2D eigenvalue weighted by Gasteiger charge is 2.13. The van der Waals surface area contributed by atoms with Gasteiger partial charge in [-0.1, -0.05) is 48.0 Å². The molecule has 3 rings (SSSR count). The van der Waals surface area contributed by atoms with Gasteiger partial charge in [-0.25, -0.2) is 5.43 Å². The molecule has 0 aliphatic carbocycles. The Labute approximate surface area is 163 Å². The van der Waals surface area contributed by atoms with Crippen LogP contribution in [0.15, 0.2) is 65.8 Å².